The number of aromatic nitrogens is 2. The Morgan fingerprint density at radius 3 is 2.48 bits per heavy atom. The number of benzene rings is 1. The second-order valence-electron chi connectivity index (χ2n) is 5.08. The average molecular weight is 295 g/mol. The fourth-order valence-corrected chi connectivity index (χ4v) is 3.17. The Hall–Kier alpha value is -2.04. The molecule has 0 amide bonds. The predicted molar refractivity (Wildman–Crippen MR) is 88.1 cm³/mol. The van der Waals surface area contributed by atoms with Gasteiger partial charge in [-0.25, -0.2) is 4.98 Å². The molecule has 2 aromatic heterocycles. The van der Waals surface area contributed by atoms with Crippen molar-refractivity contribution in [3.8, 4) is 21.8 Å². The van der Waals surface area contributed by atoms with E-state index in [1.165, 1.54) is 0 Å². The van der Waals surface area contributed by atoms with Gasteiger partial charge >= 0.3 is 0 Å². The molecule has 0 atom stereocenters. The van der Waals surface area contributed by atoms with E-state index in [-0.39, 0.29) is 0 Å². The molecule has 0 radical (unpaired) electrons. The lowest BCUT2D eigenvalue weighted by molar-refractivity contribution is 1.07. The number of nitrogens with two attached hydrogens (primary N) is 1. The Labute approximate surface area is 128 Å². The number of hydrogen-bond donors (Lipinski definition) is 1. The first kappa shape index (κ1) is 13.9. The van der Waals surface area contributed by atoms with Gasteiger partial charge in [-0.15, -0.1) is 11.3 Å². The Balaban J connectivity index is 1.99. The number of thiazole rings is 1. The van der Waals surface area contributed by atoms with Crippen LogP contribution in [-0.4, -0.2) is 9.97 Å². The molecule has 0 saturated carbocycles. The molecule has 3 rings (SSSR count). The van der Waals surface area contributed by atoms with Crippen molar-refractivity contribution in [1.29, 1.82) is 0 Å². The molecule has 0 aliphatic carbocycles. The second kappa shape index (κ2) is 5.76. The fourth-order valence-electron chi connectivity index (χ4n) is 2.35. The highest BCUT2D eigenvalue weighted by molar-refractivity contribution is 7.13. The maximum absolute atomic E-state index is 5.70. The fraction of sp³-hybridized carbons (Fsp3) is 0.176. The first-order chi connectivity index (χ1) is 10.2. The Morgan fingerprint density at radius 2 is 1.76 bits per heavy atom. The van der Waals surface area contributed by atoms with E-state index in [0.717, 1.165) is 38.8 Å². The molecule has 2 N–H and O–H groups in total. The van der Waals surface area contributed by atoms with Gasteiger partial charge in [0.05, 0.1) is 5.69 Å². The van der Waals surface area contributed by atoms with E-state index in [1.54, 1.807) is 11.3 Å². The summed E-state index contributed by atoms with van der Waals surface area (Å²) in [6.07, 6.45) is 0. The SMILES string of the molecule is Cc1cc(-c2nc(-c3cccc(CN)c3)cs2)cc(C)n1. The van der Waals surface area contributed by atoms with Crippen LogP contribution in [0.2, 0.25) is 0 Å². The molecule has 3 aromatic rings. The number of hydrogen-bond acceptors (Lipinski definition) is 4. The third-order valence-corrected chi connectivity index (χ3v) is 4.18. The van der Waals surface area contributed by atoms with E-state index in [0.29, 0.717) is 6.54 Å². The quantitative estimate of drug-likeness (QED) is 0.796. The van der Waals surface area contributed by atoms with E-state index < -0.39 is 0 Å². The van der Waals surface area contributed by atoms with Gasteiger partial charge in [0.2, 0.25) is 0 Å². The number of pyridine rings is 1. The van der Waals surface area contributed by atoms with Crippen molar-refractivity contribution in [3.05, 3.63) is 58.7 Å². The first-order valence-corrected chi connectivity index (χ1v) is 7.74. The topological polar surface area (TPSA) is 51.8 Å². The van der Waals surface area contributed by atoms with Crippen LogP contribution in [0.1, 0.15) is 17.0 Å². The molecule has 0 spiro atoms. The van der Waals surface area contributed by atoms with Crippen LogP contribution in [0.4, 0.5) is 0 Å². The summed E-state index contributed by atoms with van der Waals surface area (Å²) < 4.78 is 0. The van der Waals surface area contributed by atoms with Gasteiger partial charge in [0.25, 0.3) is 0 Å². The highest BCUT2D eigenvalue weighted by Crippen LogP contribution is 2.29. The van der Waals surface area contributed by atoms with Crippen LogP contribution in [0, 0.1) is 13.8 Å². The van der Waals surface area contributed by atoms with Crippen LogP contribution < -0.4 is 5.73 Å². The van der Waals surface area contributed by atoms with E-state index in [4.69, 9.17) is 10.7 Å². The lowest BCUT2D eigenvalue weighted by Gasteiger charge is -2.02. The van der Waals surface area contributed by atoms with E-state index in [9.17, 15) is 0 Å². The van der Waals surface area contributed by atoms with Gasteiger partial charge in [0.15, 0.2) is 0 Å². The maximum atomic E-state index is 5.70. The van der Waals surface area contributed by atoms with Crippen molar-refractivity contribution in [2.45, 2.75) is 20.4 Å². The summed E-state index contributed by atoms with van der Waals surface area (Å²) in [5.41, 5.74) is 12.1. The highest BCUT2D eigenvalue weighted by atomic mass is 32.1. The largest absolute Gasteiger partial charge is 0.326 e. The van der Waals surface area contributed by atoms with Crippen molar-refractivity contribution >= 4 is 11.3 Å². The van der Waals surface area contributed by atoms with Gasteiger partial charge < -0.3 is 5.73 Å². The van der Waals surface area contributed by atoms with Crippen LogP contribution in [0.15, 0.2) is 41.8 Å². The molecule has 106 valence electrons. The standard InChI is InChI=1S/C17H17N3S/c1-11-6-15(7-12(2)19-11)17-20-16(10-21-17)14-5-3-4-13(8-14)9-18/h3-8,10H,9,18H2,1-2H3. The first-order valence-electron chi connectivity index (χ1n) is 6.86. The van der Waals surface area contributed by atoms with Gasteiger partial charge in [-0.3, -0.25) is 4.98 Å². The molecule has 0 aliphatic rings. The highest BCUT2D eigenvalue weighted by Gasteiger charge is 2.08. The summed E-state index contributed by atoms with van der Waals surface area (Å²) in [7, 11) is 0. The lowest BCUT2D eigenvalue weighted by atomic mass is 10.1. The van der Waals surface area contributed by atoms with Crippen LogP contribution in [-0.2, 0) is 6.54 Å². The van der Waals surface area contributed by atoms with Crippen molar-refractivity contribution in [1.82, 2.24) is 9.97 Å². The lowest BCUT2D eigenvalue weighted by Crippen LogP contribution is -1.95. The third kappa shape index (κ3) is 3.01. The summed E-state index contributed by atoms with van der Waals surface area (Å²) in [6, 6.07) is 12.4. The number of rotatable bonds is 3. The number of aryl methyl sites for hydroxylation is 2. The molecule has 0 bridgehead atoms. The molecule has 2 heterocycles. The molecule has 0 fully saturated rings. The van der Waals surface area contributed by atoms with Crippen LogP contribution in [0.5, 0.6) is 0 Å². The monoisotopic (exact) mass is 295 g/mol. The van der Waals surface area contributed by atoms with Crippen LogP contribution in [0.25, 0.3) is 21.8 Å². The summed E-state index contributed by atoms with van der Waals surface area (Å²) in [4.78, 5) is 9.17. The molecular formula is C17H17N3S. The normalized spacial score (nSPS) is 10.8. The van der Waals surface area contributed by atoms with Crippen LogP contribution in [0.3, 0.4) is 0 Å². The third-order valence-electron chi connectivity index (χ3n) is 3.29. The molecular weight excluding hydrogens is 278 g/mol. The zero-order valence-corrected chi connectivity index (χ0v) is 12.9. The van der Waals surface area contributed by atoms with E-state index in [1.807, 2.05) is 26.0 Å². The van der Waals surface area contributed by atoms with Gasteiger partial charge in [0.1, 0.15) is 5.01 Å². The molecule has 0 aliphatic heterocycles. The minimum Gasteiger partial charge on any atom is -0.326 e. The average Bonchev–Trinajstić information content (AvgIpc) is 2.96. The van der Waals surface area contributed by atoms with Crippen molar-refractivity contribution < 1.29 is 0 Å². The van der Waals surface area contributed by atoms with Gasteiger partial charge in [0, 0.05) is 34.4 Å². The van der Waals surface area contributed by atoms with Crippen LogP contribution >= 0.6 is 11.3 Å². The van der Waals surface area contributed by atoms with E-state index in [2.05, 4.69) is 34.6 Å². The summed E-state index contributed by atoms with van der Waals surface area (Å²) >= 11 is 1.66. The zero-order valence-electron chi connectivity index (χ0n) is 12.1. The van der Waals surface area contributed by atoms with Gasteiger partial charge in [-0.2, -0.15) is 0 Å². The molecule has 0 saturated heterocycles. The molecule has 4 heteroatoms. The van der Waals surface area contributed by atoms with Gasteiger partial charge in [-0.1, -0.05) is 18.2 Å². The van der Waals surface area contributed by atoms with E-state index >= 15 is 0 Å². The zero-order chi connectivity index (χ0) is 14.8. The summed E-state index contributed by atoms with van der Waals surface area (Å²) in [5.74, 6) is 0. The maximum Gasteiger partial charge on any atom is 0.124 e. The number of nitrogens with zero attached hydrogens (tertiary/aromatic N) is 2. The second-order valence-corrected chi connectivity index (χ2v) is 5.94. The molecule has 1 aromatic carbocycles. The Bertz CT molecular complexity index is 757. The minimum absolute atomic E-state index is 0.549. The Kier molecular flexibility index (Phi) is 3.82. The summed E-state index contributed by atoms with van der Waals surface area (Å²) in [5, 5.41) is 3.12. The van der Waals surface area contributed by atoms with Crippen molar-refractivity contribution in [2.75, 3.05) is 0 Å². The van der Waals surface area contributed by atoms with Crippen molar-refractivity contribution in [3.63, 3.8) is 0 Å². The minimum atomic E-state index is 0.549. The summed E-state index contributed by atoms with van der Waals surface area (Å²) in [6.45, 7) is 4.57. The molecule has 3 nitrogen and oxygen atoms in total. The van der Waals surface area contributed by atoms with Crippen molar-refractivity contribution in [2.24, 2.45) is 5.73 Å². The molecule has 0 unspecified atom stereocenters. The molecule has 21 heavy (non-hydrogen) atoms. The van der Waals surface area contributed by atoms with Gasteiger partial charge in [-0.05, 0) is 37.6 Å². The predicted octanol–water partition coefficient (Wildman–Crippen LogP) is 3.95. The smallest absolute Gasteiger partial charge is 0.124 e. The Morgan fingerprint density at radius 1 is 1.00 bits per heavy atom.